The first-order valence-electron chi connectivity index (χ1n) is 9.87. The van der Waals surface area contributed by atoms with Gasteiger partial charge in [-0.3, -0.25) is 0 Å². The second-order valence-corrected chi connectivity index (χ2v) is 9.89. The lowest BCUT2D eigenvalue weighted by Crippen LogP contribution is -2.47. The molecule has 1 aliphatic heterocycles. The average molecular weight is 411 g/mol. The molecule has 0 aromatic heterocycles. The van der Waals surface area contributed by atoms with Gasteiger partial charge in [-0.25, -0.2) is 18.5 Å². The number of primary sulfonamides is 1. The van der Waals surface area contributed by atoms with Gasteiger partial charge in [0.25, 0.3) is 0 Å². The molecule has 1 aromatic carbocycles. The molecule has 7 nitrogen and oxygen atoms in total. The standard InChI is InChI=1S/C20H34N4O3S/c1-5-22-19(23-13-15-8-6-10-17(12-15)28(21,25)26)24-14-16-9-7-11-27-18(16)20(2,3)4/h6,8,10,12,16,18H,5,7,9,11,13-14H2,1-4H3,(H2,21,25,26)(H2,22,23,24). The van der Waals surface area contributed by atoms with Gasteiger partial charge in [-0.05, 0) is 42.9 Å². The molecule has 2 rings (SSSR count). The maximum Gasteiger partial charge on any atom is 0.238 e. The largest absolute Gasteiger partial charge is 0.377 e. The Morgan fingerprint density at radius 1 is 1.32 bits per heavy atom. The van der Waals surface area contributed by atoms with Crippen LogP contribution in [0.3, 0.4) is 0 Å². The fraction of sp³-hybridized carbons (Fsp3) is 0.650. The molecule has 4 N–H and O–H groups in total. The van der Waals surface area contributed by atoms with E-state index in [1.54, 1.807) is 12.1 Å². The van der Waals surface area contributed by atoms with Gasteiger partial charge in [0.2, 0.25) is 10.0 Å². The van der Waals surface area contributed by atoms with Crippen LogP contribution in [-0.4, -0.2) is 40.2 Å². The van der Waals surface area contributed by atoms with Gasteiger partial charge in [0.05, 0.1) is 17.5 Å². The highest BCUT2D eigenvalue weighted by atomic mass is 32.2. The first kappa shape index (κ1) is 22.6. The van der Waals surface area contributed by atoms with Crippen LogP contribution in [0.1, 0.15) is 46.1 Å². The number of rotatable bonds is 6. The second kappa shape index (κ2) is 9.71. The summed E-state index contributed by atoms with van der Waals surface area (Å²) in [6, 6.07) is 6.57. The number of aliphatic imine (C=N–C) groups is 1. The van der Waals surface area contributed by atoms with E-state index in [1.165, 1.54) is 6.07 Å². The van der Waals surface area contributed by atoms with Gasteiger partial charge in [0.1, 0.15) is 0 Å². The van der Waals surface area contributed by atoms with Gasteiger partial charge in [-0.15, -0.1) is 0 Å². The van der Waals surface area contributed by atoms with E-state index in [9.17, 15) is 8.42 Å². The first-order chi connectivity index (χ1) is 13.1. The van der Waals surface area contributed by atoms with Crippen molar-refractivity contribution >= 4 is 16.0 Å². The fourth-order valence-electron chi connectivity index (χ4n) is 3.57. The summed E-state index contributed by atoms with van der Waals surface area (Å²) in [5.74, 6) is 1.13. The van der Waals surface area contributed by atoms with E-state index < -0.39 is 10.0 Å². The molecule has 0 saturated carbocycles. The van der Waals surface area contributed by atoms with Crippen molar-refractivity contribution in [3.8, 4) is 0 Å². The highest BCUT2D eigenvalue weighted by Gasteiger charge is 2.35. The van der Waals surface area contributed by atoms with Gasteiger partial charge < -0.3 is 15.4 Å². The smallest absolute Gasteiger partial charge is 0.238 e. The molecule has 28 heavy (non-hydrogen) atoms. The van der Waals surface area contributed by atoms with Crippen molar-refractivity contribution in [2.75, 3.05) is 19.7 Å². The Balaban J connectivity index is 2.04. The minimum absolute atomic E-state index is 0.0937. The zero-order valence-corrected chi connectivity index (χ0v) is 18.2. The van der Waals surface area contributed by atoms with Crippen LogP contribution >= 0.6 is 0 Å². The molecule has 0 bridgehead atoms. The normalized spacial score (nSPS) is 21.4. The summed E-state index contributed by atoms with van der Waals surface area (Å²) in [6.45, 7) is 11.4. The van der Waals surface area contributed by atoms with Crippen molar-refractivity contribution in [2.45, 2.75) is 58.1 Å². The van der Waals surface area contributed by atoms with Crippen molar-refractivity contribution in [3.05, 3.63) is 29.8 Å². The molecule has 1 aromatic rings. The minimum Gasteiger partial charge on any atom is -0.377 e. The number of benzene rings is 1. The van der Waals surface area contributed by atoms with Crippen LogP contribution in [0.25, 0.3) is 0 Å². The number of hydrogen-bond acceptors (Lipinski definition) is 4. The van der Waals surface area contributed by atoms with Crippen LogP contribution < -0.4 is 15.8 Å². The summed E-state index contributed by atoms with van der Waals surface area (Å²) in [6.07, 6.45) is 2.42. The van der Waals surface area contributed by atoms with E-state index in [0.29, 0.717) is 18.4 Å². The Morgan fingerprint density at radius 2 is 2.07 bits per heavy atom. The molecule has 158 valence electrons. The molecular weight excluding hydrogens is 376 g/mol. The third-order valence-electron chi connectivity index (χ3n) is 4.82. The summed E-state index contributed by atoms with van der Waals surface area (Å²) in [5.41, 5.74) is 0.883. The molecule has 1 fully saturated rings. The number of ether oxygens (including phenoxy) is 1. The molecule has 0 aliphatic carbocycles. The van der Waals surface area contributed by atoms with Crippen LogP contribution in [0.2, 0.25) is 0 Å². The Bertz CT molecular complexity index is 772. The molecular formula is C20H34N4O3S. The van der Waals surface area contributed by atoms with E-state index in [1.807, 2.05) is 13.0 Å². The maximum absolute atomic E-state index is 11.5. The van der Waals surface area contributed by atoms with Crippen LogP contribution in [0.5, 0.6) is 0 Å². The van der Waals surface area contributed by atoms with E-state index in [4.69, 9.17) is 9.88 Å². The lowest BCUT2D eigenvalue weighted by atomic mass is 9.78. The third kappa shape index (κ3) is 6.76. The van der Waals surface area contributed by atoms with E-state index in [-0.39, 0.29) is 16.4 Å². The highest BCUT2D eigenvalue weighted by molar-refractivity contribution is 7.89. The number of nitrogens with zero attached hydrogens (tertiary/aromatic N) is 1. The Morgan fingerprint density at radius 3 is 2.71 bits per heavy atom. The van der Waals surface area contributed by atoms with Gasteiger partial charge in [0, 0.05) is 25.6 Å². The molecule has 0 spiro atoms. The van der Waals surface area contributed by atoms with Crippen molar-refractivity contribution in [2.24, 2.45) is 21.5 Å². The number of guanidine groups is 1. The Labute approximate surface area is 169 Å². The molecule has 0 amide bonds. The summed E-state index contributed by atoms with van der Waals surface area (Å²) in [5, 5.41) is 11.9. The van der Waals surface area contributed by atoms with Crippen molar-refractivity contribution in [3.63, 3.8) is 0 Å². The predicted octanol–water partition coefficient (Wildman–Crippen LogP) is 2.23. The highest BCUT2D eigenvalue weighted by Crippen LogP contribution is 2.33. The van der Waals surface area contributed by atoms with Crippen LogP contribution in [-0.2, 0) is 21.3 Å². The monoisotopic (exact) mass is 410 g/mol. The lowest BCUT2D eigenvalue weighted by Gasteiger charge is -2.40. The molecule has 2 atom stereocenters. The predicted molar refractivity (Wildman–Crippen MR) is 113 cm³/mol. The van der Waals surface area contributed by atoms with Crippen molar-refractivity contribution in [1.29, 1.82) is 0 Å². The molecule has 8 heteroatoms. The maximum atomic E-state index is 11.5. The Kier molecular flexibility index (Phi) is 7.86. The van der Waals surface area contributed by atoms with Crippen molar-refractivity contribution < 1.29 is 13.2 Å². The molecule has 1 heterocycles. The molecule has 1 saturated heterocycles. The first-order valence-corrected chi connectivity index (χ1v) is 11.4. The van der Waals surface area contributed by atoms with Gasteiger partial charge in [-0.2, -0.15) is 0 Å². The second-order valence-electron chi connectivity index (χ2n) is 8.33. The van der Waals surface area contributed by atoms with E-state index in [0.717, 1.165) is 38.1 Å². The Hall–Kier alpha value is -1.64. The van der Waals surface area contributed by atoms with E-state index in [2.05, 4.69) is 36.4 Å². The molecule has 0 radical (unpaired) electrons. The molecule has 1 aliphatic rings. The number of nitrogens with two attached hydrogens (primary N) is 1. The van der Waals surface area contributed by atoms with Gasteiger partial charge >= 0.3 is 0 Å². The van der Waals surface area contributed by atoms with Crippen LogP contribution in [0, 0.1) is 11.3 Å². The number of nitrogens with one attached hydrogen (secondary N) is 2. The summed E-state index contributed by atoms with van der Waals surface area (Å²) >= 11 is 0. The summed E-state index contributed by atoms with van der Waals surface area (Å²) in [4.78, 5) is 4.70. The van der Waals surface area contributed by atoms with Crippen LogP contribution in [0.15, 0.2) is 34.2 Å². The molecule has 2 unspecified atom stereocenters. The summed E-state index contributed by atoms with van der Waals surface area (Å²) < 4.78 is 29.1. The van der Waals surface area contributed by atoms with Gasteiger partial charge in [0.15, 0.2) is 5.96 Å². The van der Waals surface area contributed by atoms with E-state index >= 15 is 0 Å². The topological polar surface area (TPSA) is 106 Å². The number of hydrogen-bond donors (Lipinski definition) is 3. The number of sulfonamides is 1. The van der Waals surface area contributed by atoms with Gasteiger partial charge in [-0.1, -0.05) is 32.9 Å². The third-order valence-corrected chi connectivity index (χ3v) is 5.73. The SMILES string of the molecule is CCNC(=NCc1cccc(S(N)(=O)=O)c1)NCC1CCCOC1C(C)(C)C. The lowest BCUT2D eigenvalue weighted by molar-refractivity contribution is -0.0835. The minimum atomic E-state index is -3.71. The average Bonchev–Trinajstić information content (AvgIpc) is 2.63. The van der Waals surface area contributed by atoms with Crippen molar-refractivity contribution in [1.82, 2.24) is 10.6 Å². The zero-order valence-electron chi connectivity index (χ0n) is 17.4. The fourth-order valence-corrected chi connectivity index (χ4v) is 4.15. The quantitative estimate of drug-likeness (QED) is 0.493. The summed E-state index contributed by atoms with van der Waals surface area (Å²) in [7, 11) is -3.71. The zero-order chi connectivity index (χ0) is 20.8. The van der Waals surface area contributed by atoms with Crippen LogP contribution in [0.4, 0.5) is 0 Å².